The Labute approximate surface area is 53.3 Å². The highest BCUT2D eigenvalue weighted by Gasteiger charge is 2.03. The van der Waals surface area contributed by atoms with Crippen molar-refractivity contribution in [2.24, 2.45) is 4.99 Å². The molecule has 2 nitrogen and oxygen atoms in total. The van der Waals surface area contributed by atoms with Crippen molar-refractivity contribution in [3.63, 3.8) is 0 Å². The average Bonchev–Trinajstić information content (AvgIpc) is 2.19. The van der Waals surface area contributed by atoms with E-state index in [1.807, 2.05) is 6.26 Å². The molecule has 1 heterocycles. The molecular weight excluding hydrogens is 122 g/mol. The zero-order valence-electron chi connectivity index (χ0n) is 4.89. The second-order valence-corrected chi connectivity index (χ2v) is 2.42. The van der Waals surface area contributed by atoms with Gasteiger partial charge in [0.1, 0.15) is 6.61 Å². The lowest BCUT2D eigenvalue weighted by Crippen LogP contribution is -2.00. The van der Waals surface area contributed by atoms with Crippen molar-refractivity contribution in [2.45, 2.75) is 0 Å². The summed E-state index contributed by atoms with van der Waals surface area (Å²) in [5.41, 5.74) is 0. The number of aliphatic imine (C=N–C) groups is 1. The molecule has 0 radical (unpaired) electrons. The van der Waals surface area contributed by atoms with E-state index in [0.29, 0.717) is 0 Å². The van der Waals surface area contributed by atoms with E-state index in [9.17, 15) is 0 Å². The fourth-order valence-corrected chi connectivity index (χ4v) is 1.01. The second kappa shape index (κ2) is 2.97. The third-order valence-electron chi connectivity index (χ3n) is 0.916. The summed E-state index contributed by atoms with van der Waals surface area (Å²) in [7, 11) is 0. The van der Waals surface area contributed by atoms with Crippen molar-refractivity contribution in [3.05, 3.63) is 0 Å². The largest absolute Gasteiger partial charge is 0.478 e. The monoisotopic (exact) mass is 131 g/mol. The Balaban J connectivity index is 2.23. The molecule has 0 atom stereocenters. The minimum absolute atomic E-state index is 0.788. The van der Waals surface area contributed by atoms with Gasteiger partial charge in [-0.3, -0.25) is 4.99 Å². The van der Waals surface area contributed by atoms with Crippen LogP contribution in [0.2, 0.25) is 0 Å². The molecule has 0 spiro atoms. The second-order valence-electron chi connectivity index (χ2n) is 1.56. The lowest BCUT2D eigenvalue weighted by Gasteiger charge is -1.94. The summed E-state index contributed by atoms with van der Waals surface area (Å²) in [5.74, 6) is 1.84. The van der Waals surface area contributed by atoms with Gasteiger partial charge in [-0.15, -0.1) is 0 Å². The van der Waals surface area contributed by atoms with E-state index in [2.05, 4.69) is 4.99 Å². The zero-order chi connectivity index (χ0) is 5.82. The molecule has 0 saturated heterocycles. The number of hydrogen-bond acceptors (Lipinski definition) is 3. The van der Waals surface area contributed by atoms with Gasteiger partial charge in [0.25, 0.3) is 0 Å². The predicted octanol–water partition coefficient (Wildman–Crippen LogP) is 0.778. The molecule has 0 saturated carbocycles. The fourth-order valence-electron chi connectivity index (χ4n) is 0.590. The summed E-state index contributed by atoms with van der Waals surface area (Å²) >= 11 is 1.74. The quantitative estimate of drug-likeness (QED) is 0.552. The molecule has 1 aliphatic heterocycles. The Hall–Kier alpha value is -0.180. The van der Waals surface area contributed by atoms with E-state index < -0.39 is 0 Å². The molecule has 0 unspecified atom stereocenters. The van der Waals surface area contributed by atoms with E-state index >= 15 is 0 Å². The molecular formula is C5H9NOS. The zero-order valence-corrected chi connectivity index (χ0v) is 5.70. The van der Waals surface area contributed by atoms with Gasteiger partial charge in [-0.1, -0.05) is 0 Å². The van der Waals surface area contributed by atoms with Crippen LogP contribution >= 0.6 is 11.8 Å². The molecule has 0 amide bonds. The van der Waals surface area contributed by atoms with Crippen LogP contribution in [0.25, 0.3) is 0 Å². The van der Waals surface area contributed by atoms with Crippen LogP contribution in [0.15, 0.2) is 4.99 Å². The highest BCUT2D eigenvalue weighted by atomic mass is 32.2. The van der Waals surface area contributed by atoms with Crippen molar-refractivity contribution in [2.75, 3.05) is 25.2 Å². The van der Waals surface area contributed by atoms with Crippen molar-refractivity contribution >= 4 is 17.7 Å². The van der Waals surface area contributed by atoms with Crippen LogP contribution < -0.4 is 0 Å². The van der Waals surface area contributed by atoms with Gasteiger partial charge in [-0.05, 0) is 6.26 Å². The maximum absolute atomic E-state index is 5.12. The smallest absolute Gasteiger partial charge is 0.193 e. The number of nitrogens with zero attached hydrogens (tertiary/aromatic N) is 1. The van der Waals surface area contributed by atoms with Crippen LogP contribution in [0.1, 0.15) is 0 Å². The van der Waals surface area contributed by atoms with Gasteiger partial charge in [0.15, 0.2) is 5.90 Å². The molecule has 0 fully saturated rings. The molecule has 0 aromatic rings. The standard InChI is InChI=1S/C5H9NOS/c1-8-4-5-6-2-3-7-5/h2-4H2,1H3. The average molecular weight is 131 g/mol. The normalized spacial score (nSPS) is 17.9. The van der Waals surface area contributed by atoms with E-state index in [0.717, 1.165) is 24.8 Å². The van der Waals surface area contributed by atoms with Gasteiger partial charge in [0.2, 0.25) is 0 Å². The van der Waals surface area contributed by atoms with Crippen molar-refractivity contribution in [1.29, 1.82) is 0 Å². The predicted molar refractivity (Wildman–Crippen MR) is 36.6 cm³/mol. The summed E-state index contributed by atoms with van der Waals surface area (Å²) < 4.78 is 5.12. The molecule has 8 heavy (non-hydrogen) atoms. The molecule has 0 N–H and O–H groups in total. The minimum Gasteiger partial charge on any atom is -0.478 e. The first-order valence-corrected chi connectivity index (χ1v) is 3.98. The van der Waals surface area contributed by atoms with Gasteiger partial charge < -0.3 is 4.74 Å². The Morgan fingerprint density at radius 3 is 3.25 bits per heavy atom. The van der Waals surface area contributed by atoms with Crippen molar-refractivity contribution in [1.82, 2.24) is 0 Å². The molecule has 46 valence electrons. The summed E-state index contributed by atoms with van der Waals surface area (Å²) in [6.07, 6.45) is 2.05. The first-order chi connectivity index (χ1) is 3.93. The van der Waals surface area contributed by atoms with E-state index in [-0.39, 0.29) is 0 Å². The number of ether oxygens (including phenoxy) is 1. The molecule has 0 bridgehead atoms. The highest BCUT2D eigenvalue weighted by molar-refractivity contribution is 7.99. The molecule has 1 rings (SSSR count). The lowest BCUT2D eigenvalue weighted by molar-refractivity contribution is 0.346. The summed E-state index contributed by atoms with van der Waals surface area (Å²) in [6, 6.07) is 0. The van der Waals surface area contributed by atoms with E-state index in [4.69, 9.17) is 4.74 Å². The van der Waals surface area contributed by atoms with Crippen LogP contribution in [-0.2, 0) is 4.74 Å². The van der Waals surface area contributed by atoms with Crippen LogP contribution in [0.5, 0.6) is 0 Å². The highest BCUT2D eigenvalue weighted by Crippen LogP contribution is 2.00. The van der Waals surface area contributed by atoms with Crippen LogP contribution in [-0.4, -0.2) is 31.1 Å². The third-order valence-corrected chi connectivity index (χ3v) is 1.45. The Morgan fingerprint density at radius 2 is 2.75 bits per heavy atom. The molecule has 0 aromatic carbocycles. The first kappa shape index (κ1) is 5.95. The maximum Gasteiger partial charge on any atom is 0.193 e. The molecule has 0 aliphatic carbocycles. The topological polar surface area (TPSA) is 21.6 Å². The third kappa shape index (κ3) is 1.40. The summed E-state index contributed by atoms with van der Waals surface area (Å²) in [4.78, 5) is 4.10. The molecule has 3 heteroatoms. The lowest BCUT2D eigenvalue weighted by atomic mass is 10.7. The minimum atomic E-state index is 0.788. The van der Waals surface area contributed by atoms with Gasteiger partial charge in [-0.25, -0.2) is 0 Å². The van der Waals surface area contributed by atoms with Gasteiger partial charge in [0, 0.05) is 0 Å². The maximum atomic E-state index is 5.12. The first-order valence-electron chi connectivity index (χ1n) is 2.58. The fraction of sp³-hybridized carbons (Fsp3) is 0.800. The van der Waals surface area contributed by atoms with Crippen molar-refractivity contribution in [3.8, 4) is 0 Å². The van der Waals surface area contributed by atoms with E-state index in [1.54, 1.807) is 11.8 Å². The Bertz CT molecular complexity index is 103. The van der Waals surface area contributed by atoms with Crippen LogP contribution in [0.3, 0.4) is 0 Å². The van der Waals surface area contributed by atoms with Crippen LogP contribution in [0, 0.1) is 0 Å². The van der Waals surface area contributed by atoms with E-state index in [1.165, 1.54) is 0 Å². The Kier molecular flexibility index (Phi) is 2.21. The summed E-state index contributed by atoms with van der Waals surface area (Å²) in [6.45, 7) is 1.64. The molecule has 1 aliphatic rings. The van der Waals surface area contributed by atoms with Gasteiger partial charge in [-0.2, -0.15) is 11.8 Å². The van der Waals surface area contributed by atoms with Gasteiger partial charge >= 0.3 is 0 Å². The number of hydrogen-bond donors (Lipinski definition) is 0. The van der Waals surface area contributed by atoms with Gasteiger partial charge in [0.05, 0.1) is 12.3 Å². The van der Waals surface area contributed by atoms with Crippen LogP contribution in [0.4, 0.5) is 0 Å². The SMILES string of the molecule is CSCC1=NCCO1. The number of rotatable bonds is 2. The van der Waals surface area contributed by atoms with Crippen molar-refractivity contribution < 1.29 is 4.74 Å². The summed E-state index contributed by atoms with van der Waals surface area (Å²) in [5, 5.41) is 0. The molecule has 0 aromatic heterocycles. The number of thioether (sulfide) groups is 1. The Morgan fingerprint density at radius 1 is 1.88 bits per heavy atom.